The van der Waals surface area contributed by atoms with E-state index in [4.69, 9.17) is 15.6 Å². The maximum atomic E-state index is 12.2. The van der Waals surface area contributed by atoms with Crippen molar-refractivity contribution in [1.82, 2.24) is 10.0 Å². The number of benzene rings is 1. The number of urea groups is 1. The number of amides is 2. The fourth-order valence-corrected chi connectivity index (χ4v) is 3.61. The molecule has 13 heteroatoms. The van der Waals surface area contributed by atoms with Crippen molar-refractivity contribution >= 4 is 22.0 Å². The van der Waals surface area contributed by atoms with Gasteiger partial charge in [0, 0.05) is 6.04 Å². The van der Waals surface area contributed by atoms with Gasteiger partial charge in [-0.25, -0.2) is 22.7 Å². The second-order valence-electron chi connectivity index (χ2n) is 6.58. The summed E-state index contributed by atoms with van der Waals surface area (Å²) in [6.07, 6.45) is -2.16. The number of hydrogen-bond donors (Lipinski definition) is 5. The lowest BCUT2D eigenvalue weighted by molar-refractivity contribution is -0.192. The Balaban J connectivity index is 0.000000553. The number of carbonyl (C=O) groups excluding carboxylic acids is 1. The average Bonchev–Trinajstić information content (AvgIpc) is 2.61. The molecule has 0 saturated heterocycles. The van der Waals surface area contributed by atoms with Crippen LogP contribution in [0.1, 0.15) is 31.2 Å². The number of carbonyl (C=O) groups is 2. The minimum absolute atomic E-state index is 0.0251. The van der Waals surface area contributed by atoms with Crippen molar-refractivity contribution in [2.45, 2.75) is 55.3 Å². The topological polar surface area (TPSA) is 159 Å². The first-order valence-corrected chi connectivity index (χ1v) is 10.4. The van der Waals surface area contributed by atoms with E-state index >= 15 is 0 Å². The van der Waals surface area contributed by atoms with Gasteiger partial charge in [-0.05, 0) is 56.3 Å². The molecule has 1 aromatic carbocycles. The Kier molecular flexibility index (Phi) is 9.52. The second-order valence-corrected chi connectivity index (χ2v) is 8.26. The number of alkyl halides is 3. The molecule has 1 fully saturated rings. The van der Waals surface area contributed by atoms with Crippen LogP contribution < -0.4 is 15.8 Å². The van der Waals surface area contributed by atoms with Crippen LogP contribution in [-0.4, -0.2) is 55.5 Å². The third-order valence-electron chi connectivity index (χ3n) is 4.12. The van der Waals surface area contributed by atoms with E-state index in [0.717, 1.165) is 18.4 Å². The lowest BCUT2D eigenvalue weighted by Gasteiger charge is -2.26. The predicted octanol–water partition coefficient (Wildman–Crippen LogP) is 1.11. The van der Waals surface area contributed by atoms with Crippen molar-refractivity contribution < 1.29 is 41.4 Å². The number of nitrogens with one attached hydrogen (secondary N) is 2. The smallest absolute Gasteiger partial charge is 0.475 e. The molecule has 0 unspecified atom stereocenters. The van der Waals surface area contributed by atoms with Gasteiger partial charge >= 0.3 is 18.2 Å². The normalized spacial score (nSPS) is 19.2. The van der Waals surface area contributed by atoms with Gasteiger partial charge < -0.3 is 21.3 Å². The summed E-state index contributed by atoms with van der Waals surface area (Å²) < 4.78 is 58.1. The Labute approximate surface area is 171 Å². The van der Waals surface area contributed by atoms with Gasteiger partial charge in [-0.1, -0.05) is 12.1 Å². The maximum absolute atomic E-state index is 12.2. The van der Waals surface area contributed by atoms with E-state index < -0.39 is 34.3 Å². The molecule has 1 saturated carbocycles. The first-order chi connectivity index (χ1) is 13.8. The molecule has 0 aromatic heterocycles. The van der Waals surface area contributed by atoms with Crippen LogP contribution in [-0.2, 0) is 21.2 Å². The van der Waals surface area contributed by atoms with E-state index in [-0.39, 0.29) is 10.9 Å². The summed E-state index contributed by atoms with van der Waals surface area (Å²) in [6, 6.07) is 5.28. The van der Waals surface area contributed by atoms with Gasteiger partial charge in [-0.3, -0.25) is 0 Å². The Morgan fingerprint density at radius 3 is 2.20 bits per heavy atom. The molecule has 170 valence electrons. The van der Waals surface area contributed by atoms with E-state index in [0.29, 0.717) is 25.8 Å². The maximum Gasteiger partial charge on any atom is 0.490 e. The molecule has 30 heavy (non-hydrogen) atoms. The minimum atomic E-state index is -5.08. The third-order valence-corrected chi connectivity index (χ3v) is 5.46. The zero-order chi connectivity index (χ0) is 22.9. The fraction of sp³-hybridized carbons (Fsp3) is 0.529. The molecule has 0 heterocycles. The van der Waals surface area contributed by atoms with Crippen molar-refractivity contribution in [1.29, 1.82) is 0 Å². The van der Waals surface area contributed by atoms with Crippen LogP contribution in [0.3, 0.4) is 0 Å². The van der Waals surface area contributed by atoms with Crippen LogP contribution in [0.15, 0.2) is 29.2 Å². The molecule has 1 aliphatic rings. The zero-order valence-corrected chi connectivity index (χ0v) is 16.7. The first kappa shape index (κ1) is 25.7. The Morgan fingerprint density at radius 1 is 1.17 bits per heavy atom. The van der Waals surface area contributed by atoms with Gasteiger partial charge in [-0.15, -0.1) is 0 Å². The molecular formula is C17H24F3N3O6S. The van der Waals surface area contributed by atoms with Crippen LogP contribution in [0.25, 0.3) is 0 Å². The van der Waals surface area contributed by atoms with Gasteiger partial charge in [-0.2, -0.15) is 13.2 Å². The molecule has 2 rings (SSSR count). The molecule has 0 spiro atoms. The Hall–Kier alpha value is -2.38. The number of aliphatic hydroxyl groups is 1. The van der Waals surface area contributed by atoms with Crippen molar-refractivity contribution in [3.63, 3.8) is 0 Å². The minimum Gasteiger partial charge on any atom is -0.475 e. The molecule has 2 amide bonds. The molecule has 6 N–H and O–H groups in total. The fourth-order valence-electron chi connectivity index (χ4n) is 2.69. The molecule has 9 nitrogen and oxygen atoms in total. The van der Waals surface area contributed by atoms with Crippen molar-refractivity contribution in [3.8, 4) is 0 Å². The largest absolute Gasteiger partial charge is 0.490 e. The van der Waals surface area contributed by atoms with Crippen molar-refractivity contribution in [2.75, 3.05) is 6.54 Å². The highest BCUT2D eigenvalue weighted by Gasteiger charge is 2.38. The second kappa shape index (κ2) is 11.1. The summed E-state index contributed by atoms with van der Waals surface area (Å²) in [7, 11) is -3.91. The van der Waals surface area contributed by atoms with Gasteiger partial charge in [0.2, 0.25) is 0 Å². The molecule has 2 atom stereocenters. The molecular weight excluding hydrogens is 431 g/mol. The SMILES string of the molecule is NCCc1ccc(S(=O)(=O)NC(=O)N[C@H]2CCC[C@@H](O)C2)cc1.O=C(O)C(F)(F)F. The number of hydrogen-bond acceptors (Lipinski definition) is 6. The van der Waals surface area contributed by atoms with Crippen LogP contribution in [0.2, 0.25) is 0 Å². The van der Waals surface area contributed by atoms with Crippen LogP contribution in [0.4, 0.5) is 18.0 Å². The summed E-state index contributed by atoms with van der Waals surface area (Å²) in [5.74, 6) is -2.76. The summed E-state index contributed by atoms with van der Waals surface area (Å²) in [5, 5.41) is 19.3. The summed E-state index contributed by atoms with van der Waals surface area (Å²) in [6.45, 7) is 0.486. The summed E-state index contributed by atoms with van der Waals surface area (Å²) >= 11 is 0. The van der Waals surface area contributed by atoms with E-state index in [9.17, 15) is 31.5 Å². The van der Waals surface area contributed by atoms with E-state index in [1.54, 1.807) is 12.1 Å². The number of aliphatic hydroxyl groups excluding tert-OH is 1. The van der Waals surface area contributed by atoms with Gasteiger partial charge in [0.15, 0.2) is 0 Å². The predicted molar refractivity (Wildman–Crippen MR) is 100 cm³/mol. The first-order valence-electron chi connectivity index (χ1n) is 8.95. The van der Waals surface area contributed by atoms with Crippen LogP contribution in [0, 0.1) is 0 Å². The zero-order valence-electron chi connectivity index (χ0n) is 15.9. The van der Waals surface area contributed by atoms with E-state index in [1.807, 2.05) is 4.72 Å². The highest BCUT2D eigenvalue weighted by Crippen LogP contribution is 2.18. The lowest BCUT2D eigenvalue weighted by atomic mass is 9.93. The number of halogens is 3. The van der Waals surface area contributed by atoms with Crippen molar-refractivity contribution in [3.05, 3.63) is 29.8 Å². The van der Waals surface area contributed by atoms with Crippen LogP contribution in [0.5, 0.6) is 0 Å². The van der Waals surface area contributed by atoms with E-state index in [2.05, 4.69) is 5.32 Å². The van der Waals surface area contributed by atoms with Crippen molar-refractivity contribution in [2.24, 2.45) is 5.73 Å². The molecule has 0 radical (unpaired) electrons. The standard InChI is InChI=1S/C15H23N3O4S.C2HF3O2/c16-9-8-11-4-6-14(7-5-11)23(21,22)18-15(20)17-12-2-1-3-13(19)10-12;3-2(4,5)1(6)7/h4-7,12-13,19H,1-3,8-10,16H2,(H2,17,18,20);(H,6,7)/t12-,13+;/m0./s1. The Morgan fingerprint density at radius 2 is 1.73 bits per heavy atom. The van der Waals surface area contributed by atoms with Crippen LogP contribution >= 0.6 is 0 Å². The molecule has 0 aliphatic heterocycles. The average molecular weight is 455 g/mol. The van der Waals surface area contributed by atoms with E-state index in [1.165, 1.54) is 12.1 Å². The summed E-state index contributed by atoms with van der Waals surface area (Å²) in [5.41, 5.74) is 6.38. The monoisotopic (exact) mass is 455 g/mol. The number of carboxylic acids is 1. The highest BCUT2D eigenvalue weighted by molar-refractivity contribution is 7.90. The number of nitrogens with two attached hydrogens (primary N) is 1. The number of sulfonamides is 1. The number of aliphatic carboxylic acids is 1. The van der Waals surface area contributed by atoms with Gasteiger partial charge in [0.25, 0.3) is 10.0 Å². The molecule has 0 bridgehead atoms. The molecule has 1 aliphatic carbocycles. The molecule has 1 aromatic rings. The summed E-state index contributed by atoms with van der Waals surface area (Å²) in [4.78, 5) is 20.8. The third kappa shape index (κ3) is 8.97. The lowest BCUT2D eigenvalue weighted by Crippen LogP contribution is -2.46. The van der Waals surface area contributed by atoms with Gasteiger partial charge in [0.05, 0.1) is 11.0 Å². The quantitative estimate of drug-likeness (QED) is 0.445. The Bertz CT molecular complexity index is 815. The van der Waals surface area contributed by atoms with Gasteiger partial charge in [0.1, 0.15) is 0 Å². The highest BCUT2D eigenvalue weighted by atomic mass is 32.2. The number of carboxylic acid groups (broad SMARTS) is 1. The number of rotatable bonds is 5.